The monoisotopic (exact) mass is 435 g/mol. The number of halogens is 1. The molecule has 154 valence electrons. The smallest absolute Gasteiger partial charge is 0.344 e. The summed E-state index contributed by atoms with van der Waals surface area (Å²) in [5.41, 5.74) is 1.15. The van der Waals surface area contributed by atoms with Crippen molar-refractivity contribution < 1.29 is 18.9 Å². The van der Waals surface area contributed by atoms with Crippen molar-refractivity contribution in [1.29, 1.82) is 0 Å². The van der Waals surface area contributed by atoms with Gasteiger partial charge in [0.2, 0.25) is 0 Å². The molecule has 7 nitrogen and oxygen atoms in total. The van der Waals surface area contributed by atoms with Crippen molar-refractivity contribution in [3.63, 3.8) is 0 Å². The Bertz CT molecular complexity index is 1390. The van der Waals surface area contributed by atoms with Crippen molar-refractivity contribution in [3.05, 3.63) is 103 Å². The Labute approximate surface area is 180 Å². The van der Waals surface area contributed by atoms with Crippen LogP contribution in [0, 0.1) is 17.0 Å². The van der Waals surface area contributed by atoms with Crippen LogP contribution in [0.3, 0.4) is 0 Å². The van der Waals surface area contributed by atoms with Gasteiger partial charge in [-0.3, -0.25) is 14.9 Å². The van der Waals surface area contributed by atoms with Gasteiger partial charge in [-0.25, -0.2) is 4.79 Å². The second-order valence-corrected chi connectivity index (χ2v) is 7.18. The quantitative estimate of drug-likeness (QED) is 0.180. The van der Waals surface area contributed by atoms with E-state index in [2.05, 4.69) is 0 Å². The molecular weight excluding hydrogens is 422 g/mol. The van der Waals surface area contributed by atoms with Crippen molar-refractivity contribution in [2.45, 2.75) is 6.92 Å². The average Bonchev–Trinajstić information content (AvgIpc) is 2.74. The topological polar surface area (TPSA) is 99.7 Å². The fraction of sp³-hybridized carbons (Fsp3) is 0.0435. The van der Waals surface area contributed by atoms with E-state index >= 15 is 0 Å². The van der Waals surface area contributed by atoms with E-state index in [0.29, 0.717) is 21.5 Å². The third-order valence-corrected chi connectivity index (χ3v) is 5.09. The first-order valence-electron chi connectivity index (χ1n) is 9.13. The number of nitro benzene ring substituents is 1. The highest BCUT2D eigenvalue weighted by atomic mass is 35.5. The highest BCUT2D eigenvalue weighted by Crippen LogP contribution is 2.26. The molecule has 0 saturated heterocycles. The molecule has 4 aromatic rings. The predicted octanol–water partition coefficient (Wildman–Crippen LogP) is 5.55. The average molecular weight is 436 g/mol. The molecule has 0 N–H and O–H groups in total. The molecule has 1 aromatic heterocycles. The van der Waals surface area contributed by atoms with Gasteiger partial charge in [0, 0.05) is 22.7 Å². The van der Waals surface area contributed by atoms with E-state index < -0.39 is 10.9 Å². The van der Waals surface area contributed by atoms with Crippen LogP contribution in [-0.4, -0.2) is 10.9 Å². The summed E-state index contributed by atoms with van der Waals surface area (Å²) in [6.45, 7) is 1.48. The van der Waals surface area contributed by atoms with Gasteiger partial charge >= 0.3 is 5.97 Å². The SMILES string of the molecule is Cc1c(C(=O)Oc2ccc3c(=O)c(-c4ccc(Cl)cc4)coc3c2)cccc1[N+](=O)[O-]. The van der Waals surface area contributed by atoms with Gasteiger partial charge in [0.25, 0.3) is 5.69 Å². The summed E-state index contributed by atoms with van der Waals surface area (Å²) in [6, 6.07) is 15.4. The summed E-state index contributed by atoms with van der Waals surface area (Å²) in [4.78, 5) is 35.9. The third-order valence-electron chi connectivity index (χ3n) is 4.83. The minimum absolute atomic E-state index is 0.0776. The van der Waals surface area contributed by atoms with Crippen LogP contribution in [0.15, 0.2) is 76.1 Å². The molecule has 0 radical (unpaired) electrons. The standard InChI is InChI=1S/C23H14ClNO6/c1-13-17(3-2-4-20(13)25(28)29)23(27)31-16-9-10-18-21(11-16)30-12-19(22(18)26)14-5-7-15(24)8-6-14/h2-12H,1H3. The van der Waals surface area contributed by atoms with Crippen molar-refractivity contribution in [3.8, 4) is 16.9 Å². The number of hydrogen-bond donors (Lipinski definition) is 0. The van der Waals surface area contributed by atoms with Crippen LogP contribution < -0.4 is 10.2 Å². The van der Waals surface area contributed by atoms with Crippen LogP contribution in [0.4, 0.5) is 5.69 Å². The highest BCUT2D eigenvalue weighted by molar-refractivity contribution is 6.30. The van der Waals surface area contributed by atoms with Gasteiger partial charge in [-0.15, -0.1) is 0 Å². The van der Waals surface area contributed by atoms with Crippen LogP contribution in [0.1, 0.15) is 15.9 Å². The van der Waals surface area contributed by atoms with Crippen molar-refractivity contribution in [2.24, 2.45) is 0 Å². The molecule has 0 bridgehead atoms. The third kappa shape index (κ3) is 3.91. The lowest BCUT2D eigenvalue weighted by atomic mass is 10.1. The Kier molecular flexibility index (Phi) is 5.27. The van der Waals surface area contributed by atoms with E-state index in [1.807, 2.05) is 0 Å². The number of fused-ring (bicyclic) bond motifs is 1. The maximum Gasteiger partial charge on any atom is 0.344 e. The number of esters is 1. The van der Waals surface area contributed by atoms with Crippen molar-refractivity contribution in [1.82, 2.24) is 0 Å². The normalized spacial score (nSPS) is 10.8. The van der Waals surface area contributed by atoms with E-state index in [9.17, 15) is 19.7 Å². The number of ether oxygens (including phenoxy) is 1. The minimum Gasteiger partial charge on any atom is -0.463 e. The van der Waals surface area contributed by atoms with Gasteiger partial charge in [-0.1, -0.05) is 29.8 Å². The van der Waals surface area contributed by atoms with Crippen LogP contribution in [0.25, 0.3) is 22.1 Å². The highest BCUT2D eigenvalue weighted by Gasteiger charge is 2.20. The zero-order valence-corrected chi connectivity index (χ0v) is 16.9. The first kappa shape index (κ1) is 20.3. The first-order chi connectivity index (χ1) is 14.8. The number of rotatable bonds is 4. The number of hydrogen-bond acceptors (Lipinski definition) is 6. The second-order valence-electron chi connectivity index (χ2n) is 6.74. The Morgan fingerprint density at radius 3 is 2.55 bits per heavy atom. The molecule has 0 fully saturated rings. The Balaban J connectivity index is 1.66. The number of benzene rings is 3. The van der Waals surface area contributed by atoms with E-state index in [4.69, 9.17) is 20.8 Å². The lowest BCUT2D eigenvalue weighted by molar-refractivity contribution is -0.385. The van der Waals surface area contributed by atoms with Gasteiger partial charge in [0.1, 0.15) is 17.6 Å². The molecule has 0 atom stereocenters. The molecule has 0 spiro atoms. The molecule has 0 aliphatic carbocycles. The van der Waals surface area contributed by atoms with Gasteiger partial charge in [0.15, 0.2) is 5.43 Å². The number of carbonyl (C=O) groups excluding carboxylic acids is 1. The Morgan fingerprint density at radius 1 is 1.10 bits per heavy atom. The van der Waals surface area contributed by atoms with E-state index in [1.54, 1.807) is 24.3 Å². The molecule has 8 heteroatoms. The summed E-state index contributed by atoms with van der Waals surface area (Å²) in [5, 5.41) is 12.0. The fourth-order valence-corrected chi connectivity index (χ4v) is 3.33. The molecular formula is C23H14ClNO6. The lowest BCUT2D eigenvalue weighted by Crippen LogP contribution is -2.11. The number of carbonyl (C=O) groups is 1. The lowest BCUT2D eigenvalue weighted by Gasteiger charge is -2.08. The van der Waals surface area contributed by atoms with Crippen molar-refractivity contribution >= 4 is 34.2 Å². The molecule has 4 rings (SSSR count). The van der Waals surface area contributed by atoms with Gasteiger partial charge in [0.05, 0.1) is 21.4 Å². The maximum absolute atomic E-state index is 12.9. The van der Waals surface area contributed by atoms with Crippen LogP contribution >= 0.6 is 11.6 Å². The molecule has 0 aliphatic heterocycles. The largest absolute Gasteiger partial charge is 0.463 e. The van der Waals surface area contributed by atoms with Crippen LogP contribution in [0.2, 0.25) is 5.02 Å². The molecule has 0 amide bonds. The maximum atomic E-state index is 12.9. The van der Waals surface area contributed by atoms with Crippen LogP contribution in [0.5, 0.6) is 5.75 Å². The summed E-state index contributed by atoms with van der Waals surface area (Å²) >= 11 is 5.89. The minimum atomic E-state index is -0.749. The summed E-state index contributed by atoms with van der Waals surface area (Å²) in [5.74, 6) is -0.605. The summed E-state index contributed by atoms with van der Waals surface area (Å²) < 4.78 is 11.0. The molecule has 3 aromatic carbocycles. The molecule has 0 unspecified atom stereocenters. The Hall–Kier alpha value is -3.97. The number of nitro groups is 1. The van der Waals surface area contributed by atoms with Crippen LogP contribution in [-0.2, 0) is 0 Å². The van der Waals surface area contributed by atoms with Gasteiger partial charge in [-0.2, -0.15) is 0 Å². The molecule has 1 heterocycles. The van der Waals surface area contributed by atoms with E-state index in [1.165, 1.54) is 49.6 Å². The van der Waals surface area contributed by atoms with E-state index in [-0.39, 0.29) is 33.6 Å². The molecule has 31 heavy (non-hydrogen) atoms. The summed E-state index contributed by atoms with van der Waals surface area (Å²) in [6.07, 6.45) is 1.34. The molecule has 0 saturated carbocycles. The zero-order chi connectivity index (χ0) is 22.1. The van der Waals surface area contributed by atoms with Gasteiger partial charge in [-0.05, 0) is 42.8 Å². The van der Waals surface area contributed by atoms with Gasteiger partial charge < -0.3 is 9.15 Å². The fourth-order valence-electron chi connectivity index (χ4n) is 3.21. The Morgan fingerprint density at radius 2 is 1.84 bits per heavy atom. The second kappa shape index (κ2) is 8.04. The summed E-state index contributed by atoms with van der Waals surface area (Å²) in [7, 11) is 0. The molecule has 0 aliphatic rings. The number of nitrogens with zero attached hydrogens (tertiary/aromatic N) is 1. The van der Waals surface area contributed by atoms with E-state index in [0.717, 1.165) is 0 Å². The zero-order valence-electron chi connectivity index (χ0n) is 16.1. The van der Waals surface area contributed by atoms with Crippen molar-refractivity contribution in [2.75, 3.05) is 0 Å². The predicted molar refractivity (Wildman–Crippen MR) is 116 cm³/mol. The first-order valence-corrected chi connectivity index (χ1v) is 9.50.